The highest BCUT2D eigenvalue weighted by atomic mass is 16.5. The number of ether oxygens (including phenoxy) is 1. The minimum absolute atomic E-state index is 0.464. The van der Waals surface area contributed by atoms with Crippen LogP contribution in [0.3, 0.4) is 0 Å². The molecule has 2 N–H and O–H groups in total. The Labute approximate surface area is 180 Å². The van der Waals surface area contributed by atoms with Gasteiger partial charge in [0.25, 0.3) is 0 Å². The minimum atomic E-state index is 0.464. The maximum Gasteiger partial charge on any atom is 0.191 e. The maximum atomic E-state index is 5.87. The predicted octanol–water partition coefficient (Wildman–Crippen LogP) is 3.38. The van der Waals surface area contributed by atoms with Crippen LogP contribution in [0.1, 0.15) is 37.4 Å². The van der Waals surface area contributed by atoms with E-state index in [-0.39, 0.29) is 0 Å². The van der Waals surface area contributed by atoms with E-state index in [0.717, 1.165) is 69.4 Å². The van der Waals surface area contributed by atoms with Crippen LogP contribution in [0.4, 0.5) is 0 Å². The number of guanidine groups is 1. The Hall–Kier alpha value is -2.60. The molecule has 162 valence electrons. The Bertz CT molecular complexity index is 772. The van der Waals surface area contributed by atoms with E-state index in [4.69, 9.17) is 9.73 Å². The molecule has 0 saturated carbocycles. The molecular weight excluding hydrogens is 374 g/mol. The molecule has 1 aromatic carbocycles. The average molecular weight is 410 g/mol. The third-order valence-corrected chi connectivity index (χ3v) is 5.31. The normalized spacial score (nSPS) is 15.7. The van der Waals surface area contributed by atoms with Gasteiger partial charge in [-0.05, 0) is 50.5 Å². The Balaban J connectivity index is 1.38. The molecule has 1 aliphatic heterocycles. The highest BCUT2D eigenvalue weighted by Crippen LogP contribution is 2.16. The first-order chi connectivity index (χ1) is 14.7. The van der Waals surface area contributed by atoms with E-state index in [1.165, 1.54) is 5.56 Å². The summed E-state index contributed by atoms with van der Waals surface area (Å²) >= 11 is 0. The molecule has 2 heterocycles. The van der Waals surface area contributed by atoms with Gasteiger partial charge >= 0.3 is 0 Å². The van der Waals surface area contributed by atoms with Crippen molar-refractivity contribution in [3.63, 3.8) is 0 Å². The second-order valence-electron chi connectivity index (χ2n) is 7.74. The third kappa shape index (κ3) is 7.34. The van der Waals surface area contributed by atoms with Crippen molar-refractivity contribution >= 4 is 5.96 Å². The number of nitrogens with zero attached hydrogens (tertiary/aromatic N) is 3. The molecule has 1 aromatic heterocycles. The molecule has 2 aromatic rings. The number of piperidine rings is 1. The van der Waals surface area contributed by atoms with Crippen LogP contribution >= 0.6 is 0 Å². The lowest BCUT2D eigenvalue weighted by molar-refractivity contribution is 0.196. The Morgan fingerprint density at radius 2 is 1.97 bits per heavy atom. The molecule has 6 heteroatoms. The molecule has 0 aliphatic carbocycles. The molecule has 0 radical (unpaired) electrons. The summed E-state index contributed by atoms with van der Waals surface area (Å²) in [6.45, 7) is 9.57. The summed E-state index contributed by atoms with van der Waals surface area (Å²) in [6, 6.07) is 14.7. The van der Waals surface area contributed by atoms with E-state index in [0.29, 0.717) is 12.6 Å². The van der Waals surface area contributed by atoms with Gasteiger partial charge in [-0.25, -0.2) is 0 Å². The molecule has 1 aliphatic rings. The van der Waals surface area contributed by atoms with Gasteiger partial charge in [-0.15, -0.1) is 0 Å². The number of rotatable bonds is 9. The monoisotopic (exact) mass is 409 g/mol. The van der Waals surface area contributed by atoms with Crippen molar-refractivity contribution in [2.45, 2.75) is 45.7 Å². The number of hydrogen-bond acceptors (Lipinski definition) is 4. The molecule has 1 saturated heterocycles. The standard InChI is InChI=1S/C24H35N5O/c1-3-25-24(27-15-8-18-30-23-11-5-4-9-20(23)2)28-21-12-16-29(17-13-21)19-22-10-6-7-14-26-22/h4-7,9-11,14,21H,3,8,12-13,15-19H2,1-2H3,(H2,25,27,28). The van der Waals surface area contributed by atoms with Crippen LogP contribution < -0.4 is 15.4 Å². The summed E-state index contributed by atoms with van der Waals surface area (Å²) in [5, 5.41) is 6.99. The molecule has 0 unspecified atom stereocenters. The lowest BCUT2D eigenvalue weighted by Gasteiger charge is -2.32. The Kier molecular flexibility index (Phi) is 8.97. The van der Waals surface area contributed by atoms with E-state index in [1.54, 1.807) is 0 Å². The largest absolute Gasteiger partial charge is 0.493 e. The zero-order valence-corrected chi connectivity index (χ0v) is 18.3. The first-order valence-corrected chi connectivity index (χ1v) is 11.1. The van der Waals surface area contributed by atoms with E-state index in [2.05, 4.69) is 52.6 Å². The van der Waals surface area contributed by atoms with Gasteiger partial charge in [0.05, 0.1) is 12.3 Å². The number of para-hydroxylation sites is 1. The number of pyridine rings is 1. The zero-order valence-electron chi connectivity index (χ0n) is 18.3. The van der Waals surface area contributed by atoms with Crippen molar-refractivity contribution in [3.05, 3.63) is 59.9 Å². The van der Waals surface area contributed by atoms with Crippen molar-refractivity contribution in [2.75, 3.05) is 32.8 Å². The van der Waals surface area contributed by atoms with E-state index < -0.39 is 0 Å². The van der Waals surface area contributed by atoms with Crippen LogP contribution in [0, 0.1) is 6.92 Å². The van der Waals surface area contributed by atoms with Gasteiger partial charge in [0, 0.05) is 51.4 Å². The number of aryl methyl sites for hydroxylation is 1. The van der Waals surface area contributed by atoms with Gasteiger partial charge in [0.1, 0.15) is 5.75 Å². The molecular formula is C24H35N5O. The highest BCUT2D eigenvalue weighted by Gasteiger charge is 2.20. The fraction of sp³-hybridized carbons (Fsp3) is 0.500. The number of likely N-dealkylation sites (tertiary alicyclic amines) is 1. The predicted molar refractivity (Wildman–Crippen MR) is 123 cm³/mol. The number of benzene rings is 1. The summed E-state index contributed by atoms with van der Waals surface area (Å²) in [7, 11) is 0. The highest BCUT2D eigenvalue weighted by molar-refractivity contribution is 5.80. The molecule has 6 nitrogen and oxygen atoms in total. The van der Waals surface area contributed by atoms with Crippen LogP contribution in [0.15, 0.2) is 53.7 Å². The van der Waals surface area contributed by atoms with Crippen molar-refractivity contribution < 1.29 is 4.74 Å². The van der Waals surface area contributed by atoms with Crippen LogP contribution in [-0.4, -0.2) is 54.7 Å². The van der Waals surface area contributed by atoms with Crippen LogP contribution in [0.2, 0.25) is 0 Å². The van der Waals surface area contributed by atoms with Crippen LogP contribution in [0.25, 0.3) is 0 Å². The Morgan fingerprint density at radius 1 is 1.17 bits per heavy atom. The topological polar surface area (TPSA) is 61.8 Å². The van der Waals surface area contributed by atoms with Crippen molar-refractivity contribution in [3.8, 4) is 5.75 Å². The van der Waals surface area contributed by atoms with Crippen LogP contribution in [0.5, 0.6) is 5.75 Å². The average Bonchev–Trinajstić information content (AvgIpc) is 2.77. The van der Waals surface area contributed by atoms with Crippen molar-refractivity contribution in [1.82, 2.24) is 20.5 Å². The summed E-state index contributed by atoms with van der Waals surface area (Å²) in [5.74, 6) is 1.88. The minimum Gasteiger partial charge on any atom is -0.493 e. The van der Waals surface area contributed by atoms with Crippen molar-refractivity contribution in [2.24, 2.45) is 4.99 Å². The van der Waals surface area contributed by atoms with Crippen LogP contribution in [-0.2, 0) is 6.54 Å². The van der Waals surface area contributed by atoms with Gasteiger partial charge in [-0.2, -0.15) is 0 Å². The molecule has 0 bridgehead atoms. The zero-order chi connectivity index (χ0) is 21.0. The molecule has 1 fully saturated rings. The summed E-state index contributed by atoms with van der Waals surface area (Å²) in [6.07, 6.45) is 5.00. The van der Waals surface area contributed by atoms with Gasteiger partial charge in [0.2, 0.25) is 0 Å². The fourth-order valence-corrected chi connectivity index (χ4v) is 3.63. The van der Waals surface area contributed by atoms with Gasteiger partial charge in [-0.3, -0.25) is 14.9 Å². The summed E-state index contributed by atoms with van der Waals surface area (Å²) < 4.78 is 5.87. The first kappa shape index (κ1) is 22.1. The van der Waals surface area contributed by atoms with Gasteiger partial charge in [0.15, 0.2) is 5.96 Å². The van der Waals surface area contributed by atoms with Crippen molar-refractivity contribution in [1.29, 1.82) is 0 Å². The number of aliphatic imine (C=N–C) groups is 1. The molecule has 0 spiro atoms. The SMILES string of the molecule is CCNC(=NCCCOc1ccccc1C)NC1CCN(Cc2ccccn2)CC1. The van der Waals surface area contributed by atoms with Gasteiger partial charge in [-0.1, -0.05) is 24.3 Å². The number of nitrogens with one attached hydrogen (secondary N) is 2. The number of hydrogen-bond donors (Lipinski definition) is 2. The molecule has 0 amide bonds. The lowest BCUT2D eigenvalue weighted by Crippen LogP contribution is -2.48. The Morgan fingerprint density at radius 3 is 2.70 bits per heavy atom. The third-order valence-electron chi connectivity index (χ3n) is 5.31. The second kappa shape index (κ2) is 12.2. The first-order valence-electron chi connectivity index (χ1n) is 11.1. The van der Waals surface area contributed by atoms with E-state index in [1.807, 2.05) is 30.5 Å². The summed E-state index contributed by atoms with van der Waals surface area (Å²) in [5.41, 5.74) is 2.32. The summed E-state index contributed by atoms with van der Waals surface area (Å²) in [4.78, 5) is 11.7. The molecule has 3 rings (SSSR count). The van der Waals surface area contributed by atoms with E-state index >= 15 is 0 Å². The lowest BCUT2D eigenvalue weighted by atomic mass is 10.0. The fourth-order valence-electron chi connectivity index (χ4n) is 3.63. The molecule has 0 atom stereocenters. The smallest absolute Gasteiger partial charge is 0.191 e. The van der Waals surface area contributed by atoms with Gasteiger partial charge < -0.3 is 15.4 Å². The maximum absolute atomic E-state index is 5.87. The van der Waals surface area contributed by atoms with E-state index in [9.17, 15) is 0 Å². The second-order valence-corrected chi connectivity index (χ2v) is 7.74. The quantitative estimate of drug-likeness (QED) is 0.378. The number of aromatic nitrogens is 1. The molecule has 30 heavy (non-hydrogen) atoms.